The van der Waals surface area contributed by atoms with Crippen LogP contribution in [0.2, 0.25) is 18.1 Å². The second-order valence-corrected chi connectivity index (χ2v) is 19.9. The molecule has 2 aliphatic rings. The molecule has 1 aromatic carbocycles. The third kappa shape index (κ3) is 10.1. The van der Waals surface area contributed by atoms with Gasteiger partial charge in [0.25, 0.3) is 0 Å². The number of hydrogen-bond donors (Lipinski definition) is 1. The zero-order valence-corrected chi connectivity index (χ0v) is 31.0. The number of amides is 1. The highest BCUT2D eigenvalue weighted by molar-refractivity contribution is 6.74. The van der Waals surface area contributed by atoms with Gasteiger partial charge in [-0.2, -0.15) is 5.10 Å². The second kappa shape index (κ2) is 16.0. The van der Waals surface area contributed by atoms with E-state index in [1.807, 2.05) is 43.9 Å². The number of ether oxygens (including phenoxy) is 1. The number of benzene rings is 1. The topological polar surface area (TPSA) is 97.1 Å². The van der Waals surface area contributed by atoms with Gasteiger partial charge in [0, 0.05) is 50.2 Å². The third-order valence-electron chi connectivity index (χ3n) is 10.1. The van der Waals surface area contributed by atoms with Crippen molar-refractivity contribution in [3.63, 3.8) is 0 Å². The van der Waals surface area contributed by atoms with Gasteiger partial charge in [0.1, 0.15) is 18.5 Å². The summed E-state index contributed by atoms with van der Waals surface area (Å²) in [4.78, 5) is 30.1. The number of rotatable bonds is 7. The van der Waals surface area contributed by atoms with Crippen molar-refractivity contribution in [1.29, 1.82) is 0 Å². The molecule has 0 saturated carbocycles. The lowest BCUT2D eigenvalue weighted by Gasteiger charge is -2.39. The summed E-state index contributed by atoms with van der Waals surface area (Å²) in [6, 6.07) is 6.71. The summed E-state index contributed by atoms with van der Waals surface area (Å²) in [5, 5.41) is 15.0. The van der Waals surface area contributed by atoms with E-state index in [-0.39, 0.29) is 53.6 Å². The smallest absolute Gasteiger partial charge is 0.308 e. The van der Waals surface area contributed by atoms with Gasteiger partial charge in [-0.15, -0.1) is 0 Å². The molecule has 1 fully saturated rings. The van der Waals surface area contributed by atoms with Gasteiger partial charge in [-0.25, -0.2) is 4.39 Å². The Hall–Kier alpha value is -3.28. The first kappa shape index (κ1) is 37.5. The van der Waals surface area contributed by atoms with Crippen molar-refractivity contribution < 1.29 is 28.2 Å². The van der Waals surface area contributed by atoms with Gasteiger partial charge >= 0.3 is 5.97 Å². The van der Waals surface area contributed by atoms with E-state index in [9.17, 15) is 14.7 Å². The normalized spacial score (nSPS) is 26.0. The summed E-state index contributed by atoms with van der Waals surface area (Å²) < 4.78 is 29.5. The lowest BCUT2D eigenvalue weighted by Crippen LogP contribution is -2.49. The number of nitrogens with zero attached hydrogens (tertiary/aromatic N) is 4. The number of cyclic esters (lactones) is 1. The summed E-state index contributed by atoms with van der Waals surface area (Å²) in [6.07, 6.45) is 8.97. The van der Waals surface area contributed by atoms with E-state index in [2.05, 4.69) is 43.9 Å². The molecule has 48 heavy (non-hydrogen) atoms. The lowest BCUT2D eigenvalue weighted by molar-refractivity contribution is -0.151. The Morgan fingerprint density at radius 1 is 1.12 bits per heavy atom. The maximum Gasteiger partial charge on any atom is 0.308 e. The highest BCUT2D eigenvalue weighted by Gasteiger charge is 2.40. The minimum atomic E-state index is -2.16. The molecule has 0 spiro atoms. The molecule has 2 aliphatic heterocycles. The second-order valence-electron chi connectivity index (χ2n) is 15.1. The molecule has 0 aliphatic carbocycles. The summed E-state index contributed by atoms with van der Waals surface area (Å²) in [5.41, 5.74) is 2.16. The standard InChI is InChI=1S/C37H55FN4O5Si/c1-26-10-12-32(47-48(7,8)37(4,5)6)24-35(45)46-36(27(2)11-13-33(26)43)28(3)20-29-21-30(38)23-31(22-29)40-16-18-41(19-17-40)34(44)25-42-15-9-14-39-42/h9,11,13-15,20-23,26-27,32-33,36,43H,10,12,16-19,24-25H2,1-8H3/b13-11+,28-20+/t26-,27-,32+,33-,36-/m0/s1. The van der Waals surface area contributed by atoms with Crippen molar-refractivity contribution >= 4 is 32.0 Å². The summed E-state index contributed by atoms with van der Waals surface area (Å²) in [7, 11) is -2.16. The molecule has 0 radical (unpaired) electrons. The van der Waals surface area contributed by atoms with Crippen LogP contribution in [0.4, 0.5) is 10.1 Å². The largest absolute Gasteiger partial charge is 0.457 e. The minimum Gasteiger partial charge on any atom is -0.457 e. The van der Waals surface area contributed by atoms with Crippen molar-refractivity contribution in [1.82, 2.24) is 14.7 Å². The summed E-state index contributed by atoms with van der Waals surface area (Å²) >= 11 is 0. The molecule has 0 bridgehead atoms. The van der Waals surface area contributed by atoms with Crippen molar-refractivity contribution in [2.45, 2.75) is 104 Å². The average Bonchev–Trinajstić information content (AvgIpc) is 3.52. The first-order valence-electron chi connectivity index (χ1n) is 17.2. The van der Waals surface area contributed by atoms with E-state index in [1.165, 1.54) is 12.1 Å². The molecular weight excluding hydrogens is 628 g/mol. The van der Waals surface area contributed by atoms with E-state index in [0.29, 0.717) is 38.2 Å². The van der Waals surface area contributed by atoms with Crippen LogP contribution in [0.25, 0.3) is 6.08 Å². The molecule has 264 valence electrons. The monoisotopic (exact) mass is 682 g/mol. The fourth-order valence-corrected chi connectivity index (χ4v) is 7.43. The number of halogens is 1. The maximum atomic E-state index is 15.0. The number of anilines is 1. The first-order chi connectivity index (χ1) is 22.5. The average molecular weight is 683 g/mol. The Labute approximate surface area is 286 Å². The maximum absolute atomic E-state index is 15.0. The van der Waals surface area contributed by atoms with Gasteiger partial charge in [0.05, 0.1) is 18.6 Å². The van der Waals surface area contributed by atoms with Crippen LogP contribution in [-0.4, -0.2) is 84.5 Å². The third-order valence-corrected chi connectivity index (χ3v) is 14.7. The predicted molar refractivity (Wildman–Crippen MR) is 190 cm³/mol. The number of aliphatic hydroxyl groups excluding tert-OH is 1. The molecule has 4 rings (SSSR count). The quantitative estimate of drug-likeness (QED) is 0.204. The fourth-order valence-electron chi connectivity index (χ4n) is 6.04. The van der Waals surface area contributed by atoms with Gasteiger partial charge in [0.2, 0.25) is 5.91 Å². The van der Waals surface area contributed by atoms with E-state index < -0.39 is 20.5 Å². The molecule has 1 saturated heterocycles. The van der Waals surface area contributed by atoms with E-state index in [0.717, 1.165) is 17.7 Å². The SMILES string of the molecule is C/C(=C\c1cc(F)cc(N2CCN(C(=O)Cn3cccn3)CC2)c1)[C@H]1OC(=O)C[C@H](O[Si](C)(C)C(C)(C)C)CC[C@H](C)[C@@H](O)/C=C/[C@@H]1C. The van der Waals surface area contributed by atoms with Crippen LogP contribution in [-0.2, 0) is 25.3 Å². The van der Waals surface area contributed by atoms with Crippen molar-refractivity contribution in [3.05, 3.63) is 65.8 Å². The van der Waals surface area contributed by atoms with Gasteiger partial charge < -0.3 is 24.1 Å². The molecule has 1 aromatic heterocycles. The number of aromatic nitrogens is 2. The van der Waals surface area contributed by atoms with Crippen molar-refractivity contribution in [3.8, 4) is 0 Å². The molecular formula is C37H55FN4O5Si. The van der Waals surface area contributed by atoms with Crippen LogP contribution in [0.1, 0.15) is 66.4 Å². The van der Waals surface area contributed by atoms with Gasteiger partial charge in [-0.3, -0.25) is 14.3 Å². The van der Waals surface area contributed by atoms with Crippen LogP contribution in [0.15, 0.2) is 54.4 Å². The number of hydrogen-bond acceptors (Lipinski definition) is 7. The van der Waals surface area contributed by atoms with Crippen LogP contribution >= 0.6 is 0 Å². The van der Waals surface area contributed by atoms with E-state index >= 15 is 4.39 Å². The van der Waals surface area contributed by atoms with Gasteiger partial charge in [0.15, 0.2) is 8.32 Å². The Bertz CT molecular complexity index is 1450. The van der Waals surface area contributed by atoms with Gasteiger partial charge in [-0.1, -0.05) is 52.8 Å². The zero-order chi connectivity index (χ0) is 35.2. The highest BCUT2D eigenvalue weighted by Crippen LogP contribution is 2.38. The number of carbonyl (C=O) groups is 2. The van der Waals surface area contributed by atoms with Crippen LogP contribution in [0.5, 0.6) is 0 Å². The zero-order valence-electron chi connectivity index (χ0n) is 30.0. The molecule has 2 aromatic rings. The number of aliphatic hydroxyl groups is 1. The summed E-state index contributed by atoms with van der Waals surface area (Å²) in [5.74, 6) is -0.912. The van der Waals surface area contributed by atoms with Crippen LogP contribution in [0, 0.1) is 17.7 Å². The molecule has 1 amide bonds. The molecule has 3 heterocycles. The Kier molecular flexibility index (Phi) is 12.5. The van der Waals surface area contributed by atoms with Crippen molar-refractivity contribution in [2.24, 2.45) is 11.8 Å². The highest BCUT2D eigenvalue weighted by atomic mass is 28.4. The predicted octanol–water partition coefficient (Wildman–Crippen LogP) is 6.45. The molecule has 5 atom stereocenters. The minimum absolute atomic E-state index is 0.00596. The molecule has 0 unspecified atom stereocenters. The molecule has 9 nitrogen and oxygen atoms in total. The lowest BCUT2D eigenvalue weighted by atomic mass is 9.91. The molecule has 1 N–H and O–H groups in total. The fraction of sp³-hybridized carbons (Fsp3) is 0.595. The van der Waals surface area contributed by atoms with Gasteiger partial charge in [-0.05, 0) is 79.2 Å². The van der Waals surface area contributed by atoms with Crippen LogP contribution in [0.3, 0.4) is 0 Å². The Balaban J connectivity index is 1.51. The van der Waals surface area contributed by atoms with Crippen LogP contribution < -0.4 is 4.90 Å². The number of piperazine rings is 1. The summed E-state index contributed by atoms with van der Waals surface area (Å²) in [6.45, 7) is 19.2. The Morgan fingerprint density at radius 3 is 2.48 bits per heavy atom. The van der Waals surface area contributed by atoms with E-state index in [4.69, 9.17) is 9.16 Å². The first-order valence-corrected chi connectivity index (χ1v) is 20.2. The van der Waals surface area contributed by atoms with Crippen molar-refractivity contribution in [2.75, 3.05) is 31.1 Å². The number of esters is 1. The van der Waals surface area contributed by atoms with E-state index in [1.54, 1.807) is 29.2 Å². The molecule has 11 heteroatoms. The number of carbonyl (C=O) groups excluding carboxylic acids is 2. The Morgan fingerprint density at radius 2 is 1.83 bits per heavy atom.